The van der Waals surface area contributed by atoms with Crippen molar-refractivity contribution in [1.29, 1.82) is 15.8 Å². The van der Waals surface area contributed by atoms with Crippen molar-refractivity contribution < 1.29 is 4.52 Å². The van der Waals surface area contributed by atoms with Gasteiger partial charge in [-0.3, -0.25) is 4.57 Å². The summed E-state index contributed by atoms with van der Waals surface area (Å²) in [6.07, 6.45) is 1.55. The van der Waals surface area contributed by atoms with Crippen LogP contribution in [0.25, 0.3) is 11.9 Å². The van der Waals surface area contributed by atoms with Crippen LogP contribution >= 0.6 is 0 Å². The number of aromatic nitrogens is 2. The zero-order chi connectivity index (χ0) is 17.9. The number of nitrogens with zero attached hydrogens (tertiary/aromatic N) is 5. The van der Waals surface area contributed by atoms with Gasteiger partial charge in [-0.1, -0.05) is 5.16 Å². The minimum Gasteiger partial charge on any atom is -0.396 e. The Kier molecular flexibility index (Phi) is 4.54. The minimum atomic E-state index is -0.288. The largest absolute Gasteiger partial charge is 0.396 e. The van der Waals surface area contributed by atoms with Crippen LogP contribution in [0.4, 0.5) is 0 Å². The van der Waals surface area contributed by atoms with Gasteiger partial charge >= 0.3 is 0 Å². The summed E-state index contributed by atoms with van der Waals surface area (Å²) in [6, 6.07) is 8.97. The van der Waals surface area contributed by atoms with Crippen molar-refractivity contribution in [3.8, 4) is 24.0 Å². The van der Waals surface area contributed by atoms with Gasteiger partial charge in [0.05, 0.1) is 11.3 Å². The van der Waals surface area contributed by atoms with Gasteiger partial charge in [0.1, 0.15) is 24.0 Å². The second-order valence-electron chi connectivity index (χ2n) is 5.14. The zero-order valence-electron chi connectivity index (χ0n) is 13.5. The molecule has 2 aromatic rings. The Morgan fingerprint density at radius 1 is 1.17 bits per heavy atom. The van der Waals surface area contributed by atoms with Crippen molar-refractivity contribution in [2.45, 2.75) is 20.8 Å². The number of nitrogens with two attached hydrogens (primary N) is 1. The number of allylic oxidation sites excluding steroid dienone is 2. The van der Waals surface area contributed by atoms with E-state index in [1.165, 1.54) is 0 Å². The molecule has 0 aliphatic carbocycles. The van der Waals surface area contributed by atoms with Crippen molar-refractivity contribution in [3.63, 3.8) is 0 Å². The van der Waals surface area contributed by atoms with Crippen molar-refractivity contribution in [1.82, 2.24) is 9.72 Å². The highest BCUT2D eigenvalue weighted by Crippen LogP contribution is 2.23. The normalized spacial score (nSPS) is 10.6. The molecule has 0 radical (unpaired) electrons. The molecule has 2 aromatic heterocycles. The third kappa shape index (κ3) is 2.90. The Hall–Kier alpha value is -3.76. The summed E-state index contributed by atoms with van der Waals surface area (Å²) >= 11 is 0. The standard InChI is InChI=1S/C17H14N6O/c1-10-4-13(6-14(7-18)17(21)15(8-19)9-20)12(3)23(10)16-5-11(2)24-22-16/h4-6H,21H2,1-3H3. The molecule has 2 heterocycles. The van der Waals surface area contributed by atoms with E-state index in [0.717, 1.165) is 17.0 Å². The van der Waals surface area contributed by atoms with Gasteiger partial charge in [-0.15, -0.1) is 0 Å². The summed E-state index contributed by atoms with van der Waals surface area (Å²) in [4.78, 5) is 0. The molecule has 0 aliphatic heterocycles. The van der Waals surface area contributed by atoms with Gasteiger partial charge in [0.25, 0.3) is 0 Å². The maximum Gasteiger partial charge on any atom is 0.180 e. The van der Waals surface area contributed by atoms with Crippen LogP contribution in [-0.4, -0.2) is 9.72 Å². The fourth-order valence-electron chi connectivity index (χ4n) is 2.35. The van der Waals surface area contributed by atoms with E-state index >= 15 is 0 Å². The molecular formula is C17H14N6O. The number of hydrogen-bond donors (Lipinski definition) is 1. The van der Waals surface area contributed by atoms with Gasteiger partial charge in [-0.2, -0.15) is 15.8 Å². The Morgan fingerprint density at radius 3 is 2.33 bits per heavy atom. The maximum atomic E-state index is 9.30. The first-order valence-electron chi connectivity index (χ1n) is 6.97. The molecule has 0 saturated carbocycles. The third-order valence-electron chi connectivity index (χ3n) is 3.52. The van der Waals surface area contributed by atoms with Crippen LogP contribution in [0.3, 0.4) is 0 Å². The lowest BCUT2D eigenvalue weighted by molar-refractivity contribution is 0.394. The molecule has 0 atom stereocenters. The average Bonchev–Trinajstić information content (AvgIpc) is 3.09. The van der Waals surface area contributed by atoms with Crippen LogP contribution in [0, 0.1) is 54.8 Å². The number of aryl methyl sites for hydroxylation is 2. The molecule has 0 bridgehead atoms. The van der Waals surface area contributed by atoms with Crippen LogP contribution in [0.15, 0.2) is 33.5 Å². The minimum absolute atomic E-state index is 0.0599. The number of hydrogen-bond acceptors (Lipinski definition) is 6. The SMILES string of the molecule is Cc1cc(-n2c(C)cc(C=C(C#N)C(N)=C(C#N)C#N)c2C)no1. The smallest absolute Gasteiger partial charge is 0.180 e. The summed E-state index contributed by atoms with van der Waals surface area (Å²) in [5, 5.41) is 31.1. The van der Waals surface area contributed by atoms with Crippen LogP contribution < -0.4 is 5.73 Å². The van der Waals surface area contributed by atoms with E-state index in [9.17, 15) is 5.26 Å². The Labute approximate surface area is 139 Å². The van der Waals surface area contributed by atoms with Gasteiger partial charge in [0.2, 0.25) is 0 Å². The van der Waals surface area contributed by atoms with E-state index in [0.29, 0.717) is 11.6 Å². The lowest BCUT2D eigenvalue weighted by Gasteiger charge is -2.04. The molecular weight excluding hydrogens is 304 g/mol. The summed E-state index contributed by atoms with van der Waals surface area (Å²) < 4.78 is 6.98. The van der Waals surface area contributed by atoms with E-state index in [1.54, 1.807) is 31.2 Å². The van der Waals surface area contributed by atoms with Crippen LogP contribution in [0.2, 0.25) is 0 Å². The highest BCUT2D eigenvalue weighted by molar-refractivity contribution is 5.68. The van der Waals surface area contributed by atoms with Crippen molar-refractivity contribution in [2.75, 3.05) is 0 Å². The lowest BCUT2D eigenvalue weighted by atomic mass is 10.1. The van der Waals surface area contributed by atoms with Crippen LogP contribution in [-0.2, 0) is 0 Å². The first-order chi connectivity index (χ1) is 11.4. The number of nitriles is 3. The molecule has 118 valence electrons. The van der Waals surface area contributed by atoms with Gasteiger partial charge in [-0.25, -0.2) is 0 Å². The van der Waals surface area contributed by atoms with Gasteiger partial charge in [0.15, 0.2) is 11.4 Å². The molecule has 0 aliphatic rings. The molecule has 0 spiro atoms. The lowest BCUT2D eigenvalue weighted by Crippen LogP contribution is -2.03. The van der Waals surface area contributed by atoms with Gasteiger partial charge in [0, 0.05) is 17.5 Å². The maximum absolute atomic E-state index is 9.30. The van der Waals surface area contributed by atoms with E-state index in [2.05, 4.69) is 5.16 Å². The fourth-order valence-corrected chi connectivity index (χ4v) is 2.35. The van der Waals surface area contributed by atoms with Crippen LogP contribution in [0.5, 0.6) is 0 Å². The van der Waals surface area contributed by atoms with E-state index in [4.69, 9.17) is 20.8 Å². The third-order valence-corrected chi connectivity index (χ3v) is 3.52. The Balaban J connectivity index is 2.59. The molecule has 0 unspecified atom stereocenters. The molecule has 0 saturated heterocycles. The van der Waals surface area contributed by atoms with Crippen LogP contribution in [0.1, 0.15) is 22.7 Å². The first-order valence-corrected chi connectivity index (χ1v) is 6.97. The van der Waals surface area contributed by atoms with Gasteiger partial charge < -0.3 is 10.3 Å². The summed E-state index contributed by atoms with van der Waals surface area (Å²) in [6.45, 7) is 5.57. The quantitative estimate of drug-likeness (QED) is 0.684. The molecule has 0 amide bonds. The van der Waals surface area contributed by atoms with E-state index in [-0.39, 0.29) is 16.8 Å². The van der Waals surface area contributed by atoms with E-state index in [1.807, 2.05) is 30.6 Å². The average molecular weight is 318 g/mol. The first kappa shape index (κ1) is 16.6. The molecule has 7 heteroatoms. The molecule has 0 aromatic carbocycles. The topological polar surface area (TPSA) is 128 Å². The summed E-state index contributed by atoms with van der Waals surface area (Å²) in [5.41, 5.74) is 7.86. The highest BCUT2D eigenvalue weighted by atomic mass is 16.5. The molecule has 2 N–H and O–H groups in total. The highest BCUT2D eigenvalue weighted by Gasteiger charge is 2.14. The second kappa shape index (κ2) is 6.56. The predicted molar refractivity (Wildman–Crippen MR) is 86.1 cm³/mol. The predicted octanol–water partition coefficient (Wildman–Crippen LogP) is 2.56. The van der Waals surface area contributed by atoms with Crippen molar-refractivity contribution in [2.24, 2.45) is 5.73 Å². The molecule has 2 rings (SSSR count). The summed E-state index contributed by atoms with van der Waals surface area (Å²) in [5.74, 6) is 1.33. The monoisotopic (exact) mass is 318 g/mol. The Bertz CT molecular complexity index is 966. The second-order valence-corrected chi connectivity index (χ2v) is 5.14. The van der Waals surface area contributed by atoms with Gasteiger partial charge in [-0.05, 0) is 38.5 Å². The molecule has 7 nitrogen and oxygen atoms in total. The molecule has 24 heavy (non-hydrogen) atoms. The fraction of sp³-hybridized carbons (Fsp3) is 0.176. The van der Waals surface area contributed by atoms with Crippen molar-refractivity contribution >= 4 is 6.08 Å². The van der Waals surface area contributed by atoms with E-state index < -0.39 is 0 Å². The number of rotatable bonds is 3. The summed E-state index contributed by atoms with van der Waals surface area (Å²) in [7, 11) is 0. The zero-order valence-corrected chi connectivity index (χ0v) is 13.5. The molecule has 0 fully saturated rings. The Morgan fingerprint density at radius 2 is 1.83 bits per heavy atom. The van der Waals surface area contributed by atoms with Crippen molar-refractivity contribution in [3.05, 3.63) is 51.7 Å².